The number of methoxy groups -OCH3 is 2. The summed E-state index contributed by atoms with van der Waals surface area (Å²) in [5, 5.41) is 0. The maximum absolute atomic E-state index is 5.29. The topological polar surface area (TPSA) is 18.5 Å². The molecule has 0 aromatic carbocycles. The summed E-state index contributed by atoms with van der Waals surface area (Å²) in [5.74, 6) is 0.791. The zero-order valence-electron chi connectivity index (χ0n) is 11.1. The zero-order valence-corrected chi connectivity index (χ0v) is 11.1. The molecule has 0 aromatic rings. The van der Waals surface area contributed by atoms with Crippen LogP contribution in [0.15, 0.2) is 11.1 Å². The molecule has 1 saturated carbocycles. The molecular formula is C14H26O2. The van der Waals surface area contributed by atoms with Gasteiger partial charge in [0.2, 0.25) is 0 Å². The molecule has 0 radical (unpaired) electrons. The Labute approximate surface area is 100 Å². The molecule has 0 saturated heterocycles. The van der Waals surface area contributed by atoms with Gasteiger partial charge in [0.1, 0.15) is 0 Å². The monoisotopic (exact) mass is 226 g/mol. The first-order valence-corrected chi connectivity index (χ1v) is 6.52. The average Bonchev–Trinajstić information content (AvgIpc) is 2.32. The van der Waals surface area contributed by atoms with E-state index in [1.807, 2.05) is 0 Å². The van der Waals surface area contributed by atoms with Gasteiger partial charge in [0.25, 0.3) is 0 Å². The molecule has 0 aliphatic heterocycles. The van der Waals surface area contributed by atoms with Crippen LogP contribution in [0.25, 0.3) is 0 Å². The summed E-state index contributed by atoms with van der Waals surface area (Å²) in [5.41, 5.74) is 2.97. The summed E-state index contributed by atoms with van der Waals surface area (Å²) < 4.78 is 10.6. The van der Waals surface area contributed by atoms with Crippen LogP contribution in [-0.2, 0) is 9.47 Å². The summed E-state index contributed by atoms with van der Waals surface area (Å²) in [6, 6.07) is 0. The highest BCUT2D eigenvalue weighted by atomic mass is 16.5. The Morgan fingerprint density at radius 1 is 1.00 bits per heavy atom. The summed E-state index contributed by atoms with van der Waals surface area (Å²) in [6.45, 7) is 3.72. The Balaban J connectivity index is 2.74. The van der Waals surface area contributed by atoms with Crippen LogP contribution < -0.4 is 0 Å². The van der Waals surface area contributed by atoms with E-state index in [0.717, 1.165) is 25.6 Å². The van der Waals surface area contributed by atoms with Crippen molar-refractivity contribution in [3.63, 3.8) is 0 Å². The second-order valence-electron chi connectivity index (χ2n) is 4.68. The minimum atomic E-state index is 0.730. The van der Waals surface area contributed by atoms with E-state index in [9.17, 15) is 0 Å². The Hall–Kier alpha value is -0.340. The van der Waals surface area contributed by atoms with Crippen molar-refractivity contribution in [1.29, 1.82) is 0 Å². The lowest BCUT2D eigenvalue weighted by Gasteiger charge is -2.26. The minimum Gasteiger partial charge on any atom is -0.380 e. The summed E-state index contributed by atoms with van der Waals surface area (Å²) in [7, 11) is 3.54. The minimum absolute atomic E-state index is 0.730. The van der Waals surface area contributed by atoms with Crippen molar-refractivity contribution in [2.75, 3.05) is 27.4 Å². The third-order valence-electron chi connectivity index (χ3n) is 3.57. The van der Waals surface area contributed by atoms with Gasteiger partial charge >= 0.3 is 0 Å². The van der Waals surface area contributed by atoms with Gasteiger partial charge in [-0.25, -0.2) is 0 Å². The molecule has 2 nitrogen and oxygen atoms in total. The molecule has 0 heterocycles. The van der Waals surface area contributed by atoms with Gasteiger partial charge in [-0.15, -0.1) is 0 Å². The second-order valence-corrected chi connectivity index (χ2v) is 4.68. The third kappa shape index (κ3) is 3.91. The molecule has 0 spiro atoms. The zero-order chi connectivity index (χ0) is 11.8. The summed E-state index contributed by atoms with van der Waals surface area (Å²) in [4.78, 5) is 0. The molecular weight excluding hydrogens is 200 g/mol. The Morgan fingerprint density at radius 3 is 2.00 bits per heavy atom. The molecule has 1 aliphatic carbocycles. The molecule has 2 heteroatoms. The predicted octanol–water partition coefficient (Wildman–Crippen LogP) is 3.57. The van der Waals surface area contributed by atoms with E-state index in [-0.39, 0.29) is 0 Å². The molecule has 1 rings (SSSR count). The first-order chi connectivity index (χ1) is 7.83. The Morgan fingerprint density at radius 2 is 1.56 bits per heavy atom. The Bertz CT molecular complexity index is 207. The predicted molar refractivity (Wildman–Crippen MR) is 67.6 cm³/mol. The van der Waals surface area contributed by atoms with E-state index in [4.69, 9.17) is 9.47 Å². The van der Waals surface area contributed by atoms with Crippen LogP contribution in [0.5, 0.6) is 0 Å². The maximum atomic E-state index is 5.29. The fourth-order valence-electron chi connectivity index (χ4n) is 2.85. The van der Waals surface area contributed by atoms with Gasteiger partial charge in [0, 0.05) is 14.2 Å². The van der Waals surface area contributed by atoms with Crippen LogP contribution in [0.4, 0.5) is 0 Å². The van der Waals surface area contributed by atoms with Crippen LogP contribution in [0.2, 0.25) is 0 Å². The van der Waals surface area contributed by atoms with Gasteiger partial charge in [-0.3, -0.25) is 0 Å². The highest BCUT2D eigenvalue weighted by Crippen LogP contribution is 2.33. The molecule has 0 atom stereocenters. The van der Waals surface area contributed by atoms with Crippen molar-refractivity contribution in [2.45, 2.75) is 45.4 Å². The normalized spacial score (nSPS) is 17.4. The standard InChI is InChI=1S/C14H26O2/c1-4-14(12-8-6-5-7-9-12)13(10-15-2)11-16-3/h12H,4-11H2,1-3H3. The van der Waals surface area contributed by atoms with E-state index in [2.05, 4.69) is 6.92 Å². The highest BCUT2D eigenvalue weighted by Gasteiger charge is 2.19. The lowest BCUT2D eigenvalue weighted by Crippen LogP contribution is -2.15. The number of hydrogen-bond donors (Lipinski definition) is 0. The van der Waals surface area contributed by atoms with Crippen molar-refractivity contribution < 1.29 is 9.47 Å². The van der Waals surface area contributed by atoms with Gasteiger partial charge in [0.05, 0.1) is 13.2 Å². The quantitative estimate of drug-likeness (QED) is 0.645. The van der Waals surface area contributed by atoms with Crippen molar-refractivity contribution in [1.82, 2.24) is 0 Å². The first-order valence-electron chi connectivity index (χ1n) is 6.52. The third-order valence-corrected chi connectivity index (χ3v) is 3.57. The largest absolute Gasteiger partial charge is 0.380 e. The fraction of sp³-hybridized carbons (Fsp3) is 0.857. The van der Waals surface area contributed by atoms with Crippen LogP contribution in [0.3, 0.4) is 0 Å². The molecule has 1 fully saturated rings. The van der Waals surface area contributed by atoms with E-state index in [0.29, 0.717) is 0 Å². The Kier molecular flexibility index (Phi) is 6.74. The second kappa shape index (κ2) is 7.86. The van der Waals surface area contributed by atoms with Crippen molar-refractivity contribution in [3.8, 4) is 0 Å². The van der Waals surface area contributed by atoms with Crippen LogP contribution in [-0.4, -0.2) is 27.4 Å². The van der Waals surface area contributed by atoms with Gasteiger partial charge in [-0.1, -0.05) is 31.8 Å². The molecule has 94 valence electrons. The number of ether oxygens (including phenoxy) is 2. The SMILES string of the molecule is CCC(=C(COC)COC)C1CCCCC1. The number of allylic oxidation sites excluding steroid dienone is 1. The maximum Gasteiger partial charge on any atom is 0.0697 e. The lowest BCUT2D eigenvalue weighted by molar-refractivity contribution is 0.178. The fourth-order valence-corrected chi connectivity index (χ4v) is 2.85. The number of rotatable bonds is 6. The molecule has 0 aromatic heterocycles. The summed E-state index contributed by atoms with van der Waals surface area (Å²) in [6.07, 6.45) is 8.06. The van der Waals surface area contributed by atoms with Gasteiger partial charge < -0.3 is 9.47 Å². The van der Waals surface area contributed by atoms with E-state index < -0.39 is 0 Å². The van der Waals surface area contributed by atoms with Crippen molar-refractivity contribution >= 4 is 0 Å². The van der Waals surface area contributed by atoms with Gasteiger partial charge in [-0.05, 0) is 30.8 Å². The van der Waals surface area contributed by atoms with Gasteiger partial charge in [-0.2, -0.15) is 0 Å². The van der Waals surface area contributed by atoms with E-state index in [1.54, 1.807) is 19.8 Å². The molecule has 0 bridgehead atoms. The van der Waals surface area contributed by atoms with Crippen LogP contribution in [0, 0.1) is 5.92 Å². The molecule has 0 unspecified atom stereocenters. The number of hydrogen-bond acceptors (Lipinski definition) is 2. The average molecular weight is 226 g/mol. The van der Waals surface area contributed by atoms with E-state index in [1.165, 1.54) is 37.7 Å². The molecule has 16 heavy (non-hydrogen) atoms. The highest BCUT2D eigenvalue weighted by molar-refractivity contribution is 5.18. The van der Waals surface area contributed by atoms with E-state index >= 15 is 0 Å². The van der Waals surface area contributed by atoms with Crippen LogP contribution in [0.1, 0.15) is 45.4 Å². The van der Waals surface area contributed by atoms with Crippen LogP contribution >= 0.6 is 0 Å². The molecule has 0 amide bonds. The summed E-state index contributed by atoms with van der Waals surface area (Å²) >= 11 is 0. The molecule has 0 N–H and O–H groups in total. The van der Waals surface area contributed by atoms with Gasteiger partial charge in [0.15, 0.2) is 0 Å². The first kappa shape index (κ1) is 13.7. The van der Waals surface area contributed by atoms with Crippen molar-refractivity contribution in [3.05, 3.63) is 11.1 Å². The lowest BCUT2D eigenvalue weighted by atomic mass is 9.81. The molecule has 1 aliphatic rings. The van der Waals surface area contributed by atoms with Crippen molar-refractivity contribution in [2.24, 2.45) is 5.92 Å². The smallest absolute Gasteiger partial charge is 0.0697 e.